The molecule has 5 aromatic rings. The number of carbonyl (C=O) groups excluding carboxylic acids is 1. The van der Waals surface area contributed by atoms with Crippen LogP contribution in [0, 0.1) is 6.92 Å². The Balaban J connectivity index is 1.26. The number of nitrogens with zero attached hydrogens (tertiary/aromatic N) is 2. The first kappa shape index (κ1) is 32.6. The molecule has 0 saturated carbocycles. The fourth-order valence-corrected chi connectivity index (χ4v) is 6.38. The van der Waals surface area contributed by atoms with Gasteiger partial charge in [0.1, 0.15) is 17.2 Å². The van der Waals surface area contributed by atoms with Crippen LogP contribution in [0.15, 0.2) is 102 Å². The standard InChI is InChI=1S/C34H34ClN5O5S/c1-23-21-33(31-22-24(35)3-16-32(31)38-23)37-18-20-40(46(42,43)30-14-12-27(44-2)13-15-30)19-17-34(41)39-26-6-10-29(11-7-26)45-28-8-4-25(36)5-9-28/h3-16,21-22H,17-20,36H2,1-2H3,(H,37,38)(H,39,41). The Kier molecular flexibility index (Phi) is 10.3. The van der Waals surface area contributed by atoms with E-state index in [1.165, 1.54) is 23.5 Å². The van der Waals surface area contributed by atoms with Crippen molar-refractivity contribution in [3.05, 3.63) is 108 Å². The highest BCUT2D eigenvalue weighted by Crippen LogP contribution is 2.27. The second-order valence-corrected chi connectivity index (χ2v) is 12.8. The van der Waals surface area contributed by atoms with Crippen LogP contribution < -0.4 is 25.8 Å². The Morgan fingerprint density at radius 3 is 2.22 bits per heavy atom. The van der Waals surface area contributed by atoms with E-state index in [9.17, 15) is 13.2 Å². The van der Waals surface area contributed by atoms with E-state index in [1.807, 2.05) is 25.1 Å². The summed E-state index contributed by atoms with van der Waals surface area (Å²) >= 11 is 6.24. The van der Waals surface area contributed by atoms with E-state index >= 15 is 0 Å². The van der Waals surface area contributed by atoms with Crippen LogP contribution in [0.1, 0.15) is 12.1 Å². The van der Waals surface area contributed by atoms with Gasteiger partial charge < -0.3 is 25.8 Å². The molecule has 1 heterocycles. The number of nitrogens with two attached hydrogens (primary N) is 1. The normalized spacial score (nSPS) is 11.4. The Morgan fingerprint density at radius 1 is 0.891 bits per heavy atom. The van der Waals surface area contributed by atoms with E-state index in [2.05, 4.69) is 15.6 Å². The van der Waals surface area contributed by atoms with Gasteiger partial charge in [-0.25, -0.2) is 8.42 Å². The number of sulfonamides is 1. The number of pyridine rings is 1. The predicted molar refractivity (Wildman–Crippen MR) is 182 cm³/mol. The molecule has 0 fully saturated rings. The molecule has 238 valence electrons. The number of methoxy groups -OCH3 is 1. The number of rotatable bonds is 13. The predicted octanol–water partition coefficient (Wildman–Crippen LogP) is 6.71. The minimum absolute atomic E-state index is 0.0395. The van der Waals surface area contributed by atoms with E-state index in [1.54, 1.807) is 66.7 Å². The van der Waals surface area contributed by atoms with Gasteiger partial charge in [-0.3, -0.25) is 9.78 Å². The summed E-state index contributed by atoms with van der Waals surface area (Å²) in [5, 5.41) is 7.56. The molecule has 0 saturated heterocycles. The number of carbonyl (C=O) groups is 1. The number of halogens is 1. The lowest BCUT2D eigenvalue weighted by molar-refractivity contribution is -0.116. The van der Waals surface area contributed by atoms with Gasteiger partial charge >= 0.3 is 0 Å². The van der Waals surface area contributed by atoms with Gasteiger partial charge in [0.05, 0.1) is 17.5 Å². The van der Waals surface area contributed by atoms with Crippen molar-refractivity contribution in [2.75, 3.05) is 43.1 Å². The van der Waals surface area contributed by atoms with Crippen molar-refractivity contribution < 1.29 is 22.7 Å². The molecule has 10 nitrogen and oxygen atoms in total. The summed E-state index contributed by atoms with van der Waals surface area (Å²) < 4.78 is 39.8. The molecule has 0 spiro atoms. The average Bonchev–Trinajstić information content (AvgIpc) is 3.04. The summed E-state index contributed by atoms with van der Waals surface area (Å²) in [5.74, 6) is 1.43. The fraction of sp³-hybridized carbons (Fsp3) is 0.176. The summed E-state index contributed by atoms with van der Waals surface area (Å²) in [6.07, 6.45) is -0.0635. The molecule has 0 bridgehead atoms. The van der Waals surface area contributed by atoms with Crippen molar-refractivity contribution in [3.63, 3.8) is 0 Å². The highest BCUT2D eigenvalue weighted by molar-refractivity contribution is 7.89. The molecule has 0 radical (unpaired) electrons. The lowest BCUT2D eigenvalue weighted by atomic mass is 10.1. The Morgan fingerprint density at radius 2 is 1.54 bits per heavy atom. The number of aromatic nitrogens is 1. The molecule has 46 heavy (non-hydrogen) atoms. The number of fused-ring (bicyclic) bond motifs is 1. The molecule has 0 aliphatic carbocycles. The van der Waals surface area contributed by atoms with Gasteiger partial charge in [-0.2, -0.15) is 4.31 Å². The quantitative estimate of drug-likeness (QED) is 0.119. The van der Waals surface area contributed by atoms with Gasteiger partial charge in [-0.05, 0) is 104 Å². The molecular formula is C34H34ClN5O5S. The SMILES string of the molecule is COc1ccc(S(=O)(=O)N(CCNc2cc(C)nc3ccc(Cl)cc23)CCC(=O)Nc2ccc(Oc3ccc(N)cc3)cc2)cc1. The van der Waals surface area contributed by atoms with Crippen LogP contribution in [0.4, 0.5) is 17.1 Å². The second kappa shape index (κ2) is 14.5. The highest BCUT2D eigenvalue weighted by Gasteiger charge is 2.25. The third kappa shape index (κ3) is 8.25. The maximum Gasteiger partial charge on any atom is 0.243 e. The van der Waals surface area contributed by atoms with Gasteiger partial charge in [0.15, 0.2) is 0 Å². The molecule has 4 aromatic carbocycles. The lowest BCUT2D eigenvalue weighted by Crippen LogP contribution is -2.37. The van der Waals surface area contributed by atoms with Crippen molar-refractivity contribution in [2.45, 2.75) is 18.2 Å². The topological polar surface area (TPSA) is 136 Å². The van der Waals surface area contributed by atoms with E-state index in [-0.39, 0.29) is 36.9 Å². The lowest BCUT2D eigenvalue weighted by Gasteiger charge is -2.23. The third-order valence-corrected chi connectivity index (χ3v) is 9.26. The number of nitrogens with one attached hydrogen (secondary N) is 2. The van der Waals surface area contributed by atoms with Crippen molar-refractivity contribution >= 4 is 55.5 Å². The van der Waals surface area contributed by atoms with Crippen LogP contribution >= 0.6 is 11.6 Å². The number of hydrogen-bond donors (Lipinski definition) is 3. The first-order valence-corrected chi connectivity index (χ1v) is 16.3. The van der Waals surface area contributed by atoms with Crippen molar-refractivity contribution in [1.29, 1.82) is 0 Å². The maximum atomic E-state index is 13.7. The van der Waals surface area contributed by atoms with E-state index in [0.717, 1.165) is 22.3 Å². The van der Waals surface area contributed by atoms with Crippen LogP contribution in [0.3, 0.4) is 0 Å². The largest absolute Gasteiger partial charge is 0.497 e. The zero-order chi connectivity index (χ0) is 32.7. The molecular weight excluding hydrogens is 626 g/mol. The number of ether oxygens (including phenoxy) is 2. The van der Waals surface area contributed by atoms with Crippen molar-refractivity contribution in [1.82, 2.24) is 9.29 Å². The van der Waals surface area contributed by atoms with Crippen molar-refractivity contribution in [3.8, 4) is 17.2 Å². The zero-order valence-corrected chi connectivity index (χ0v) is 26.9. The number of hydrogen-bond acceptors (Lipinski definition) is 8. The van der Waals surface area contributed by atoms with E-state index in [4.69, 9.17) is 26.8 Å². The molecule has 1 aromatic heterocycles. The van der Waals surface area contributed by atoms with Crippen LogP contribution in [0.25, 0.3) is 10.9 Å². The summed E-state index contributed by atoms with van der Waals surface area (Å²) in [6.45, 7) is 2.22. The Hall–Kier alpha value is -4.84. The fourth-order valence-electron chi connectivity index (χ4n) is 4.77. The summed E-state index contributed by atoms with van der Waals surface area (Å²) in [5.41, 5.74) is 9.28. The van der Waals surface area contributed by atoms with Gasteiger partial charge in [0.25, 0.3) is 0 Å². The molecule has 0 atom stereocenters. The zero-order valence-electron chi connectivity index (χ0n) is 25.4. The molecule has 5 rings (SSSR count). The smallest absolute Gasteiger partial charge is 0.243 e. The van der Waals surface area contributed by atoms with Crippen LogP contribution in [0.5, 0.6) is 17.2 Å². The Labute approximate surface area is 273 Å². The molecule has 1 amide bonds. The van der Waals surface area contributed by atoms with Crippen LogP contribution in [0.2, 0.25) is 5.02 Å². The molecule has 0 aliphatic heterocycles. The molecule has 12 heteroatoms. The third-order valence-electron chi connectivity index (χ3n) is 7.11. The number of nitrogen functional groups attached to an aromatic ring is 1. The summed E-state index contributed by atoms with van der Waals surface area (Å²) in [6, 6.07) is 27.4. The highest BCUT2D eigenvalue weighted by atomic mass is 35.5. The minimum atomic E-state index is -3.94. The van der Waals surface area contributed by atoms with Gasteiger partial charge in [-0.15, -0.1) is 0 Å². The van der Waals surface area contributed by atoms with Crippen LogP contribution in [-0.2, 0) is 14.8 Å². The first-order chi connectivity index (χ1) is 22.1. The second-order valence-electron chi connectivity index (χ2n) is 10.5. The van der Waals surface area contributed by atoms with Gasteiger partial charge in [0.2, 0.25) is 15.9 Å². The number of benzene rings is 4. The van der Waals surface area contributed by atoms with E-state index in [0.29, 0.717) is 33.6 Å². The van der Waals surface area contributed by atoms with E-state index < -0.39 is 10.0 Å². The summed E-state index contributed by atoms with van der Waals surface area (Å²) in [4.78, 5) is 17.6. The van der Waals surface area contributed by atoms with Gasteiger partial charge in [0, 0.05) is 59.2 Å². The maximum absolute atomic E-state index is 13.7. The summed E-state index contributed by atoms with van der Waals surface area (Å²) in [7, 11) is -2.43. The number of amides is 1. The number of anilines is 3. The Bertz CT molecular complexity index is 1920. The van der Waals surface area contributed by atoms with Crippen molar-refractivity contribution in [2.24, 2.45) is 0 Å². The first-order valence-electron chi connectivity index (χ1n) is 14.5. The minimum Gasteiger partial charge on any atom is -0.497 e. The molecule has 4 N–H and O–H groups in total. The molecule has 0 aliphatic rings. The van der Waals surface area contributed by atoms with Crippen LogP contribution in [-0.4, -0.2) is 50.4 Å². The monoisotopic (exact) mass is 659 g/mol. The average molecular weight is 660 g/mol. The molecule has 0 unspecified atom stereocenters. The van der Waals surface area contributed by atoms with Gasteiger partial charge in [-0.1, -0.05) is 11.6 Å². The number of aryl methyl sites for hydroxylation is 1.